The minimum Gasteiger partial charge on any atom is -0.506 e. The number of hydrogen-bond donors (Lipinski definition) is 3. The monoisotopic (exact) mass is 414 g/mol. The largest absolute Gasteiger partial charge is 0.506 e. The molecule has 5 heteroatoms. The Hall–Kier alpha value is -3.57. The lowest BCUT2D eigenvalue weighted by Gasteiger charge is -2.18. The summed E-state index contributed by atoms with van der Waals surface area (Å²) in [4.78, 5) is 12.9. The Bertz CT molecular complexity index is 1250. The second-order valence-corrected chi connectivity index (χ2v) is 7.48. The first-order valence-corrected chi connectivity index (χ1v) is 10.4. The normalized spacial score (nSPS) is 11.0. The summed E-state index contributed by atoms with van der Waals surface area (Å²) in [5.74, 6) is 0.282. The van der Waals surface area contributed by atoms with Crippen LogP contribution in [0.3, 0.4) is 0 Å². The molecule has 4 N–H and O–H groups in total. The topological polar surface area (TPSA) is 84.6 Å². The van der Waals surface area contributed by atoms with Crippen LogP contribution in [-0.4, -0.2) is 31.2 Å². The summed E-state index contributed by atoms with van der Waals surface area (Å²) in [5, 5.41) is 18.0. The molecule has 0 saturated carbocycles. The smallest absolute Gasteiger partial charge is 0.255 e. The summed E-state index contributed by atoms with van der Waals surface area (Å²) < 4.78 is 5.68. The Labute approximate surface area is 181 Å². The fraction of sp³-hybridized carbons (Fsp3) is 0.192. The number of nitrogens with two attached hydrogens (primary N) is 1. The van der Waals surface area contributed by atoms with Crippen molar-refractivity contribution in [1.82, 2.24) is 5.32 Å². The highest BCUT2D eigenvalue weighted by atomic mass is 16.5. The van der Waals surface area contributed by atoms with Gasteiger partial charge in [0.1, 0.15) is 11.5 Å². The van der Waals surface area contributed by atoms with Gasteiger partial charge in [-0.2, -0.15) is 0 Å². The number of benzene rings is 4. The third-order valence-electron chi connectivity index (χ3n) is 5.54. The number of methoxy groups -OCH3 is 1. The van der Waals surface area contributed by atoms with E-state index >= 15 is 0 Å². The van der Waals surface area contributed by atoms with E-state index in [1.807, 2.05) is 60.7 Å². The Kier molecular flexibility index (Phi) is 6.05. The van der Waals surface area contributed by atoms with Crippen LogP contribution >= 0.6 is 0 Å². The van der Waals surface area contributed by atoms with E-state index in [1.165, 1.54) is 0 Å². The third-order valence-corrected chi connectivity index (χ3v) is 5.54. The zero-order chi connectivity index (χ0) is 21.8. The number of fused-ring (bicyclic) bond motifs is 2. The number of hydrogen-bond acceptors (Lipinski definition) is 4. The van der Waals surface area contributed by atoms with Crippen molar-refractivity contribution in [3.63, 3.8) is 0 Å². The summed E-state index contributed by atoms with van der Waals surface area (Å²) in [6, 6.07) is 21.3. The molecule has 0 aliphatic rings. The molecule has 4 aromatic rings. The van der Waals surface area contributed by atoms with Gasteiger partial charge in [-0.3, -0.25) is 4.79 Å². The molecule has 0 aromatic heterocycles. The molecule has 4 aromatic carbocycles. The summed E-state index contributed by atoms with van der Waals surface area (Å²) in [7, 11) is 1.61. The van der Waals surface area contributed by atoms with Crippen LogP contribution in [0, 0.1) is 0 Å². The van der Waals surface area contributed by atoms with Gasteiger partial charge in [0.05, 0.1) is 12.7 Å². The summed E-state index contributed by atoms with van der Waals surface area (Å²) in [6.45, 7) is 1.09. The fourth-order valence-corrected chi connectivity index (χ4v) is 4.01. The lowest BCUT2D eigenvalue weighted by molar-refractivity contribution is 0.0950. The molecule has 4 rings (SSSR count). The van der Waals surface area contributed by atoms with Crippen molar-refractivity contribution >= 4 is 27.5 Å². The average molecular weight is 415 g/mol. The van der Waals surface area contributed by atoms with Gasteiger partial charge in [-0.05, 0) is 53.1 Å². The van der Waals surface area contributed by atoms with Crippen LogP contribution in [0.25, 0.3) is 32.7 Å². The van der Waals surface area contributed by atoms with E-state index < -0.39 is 0 Å². The SMILES string of the molecule is COc1ccc2ccccc2c1-c1c(O)c(C(=O)NCCCCN)cc2ccccc12. The van der Waals surface area contributed by atoms with E-state index in [0.29, 0.717) is 24.4 Å². The molecule has 0 heterocycles. The van der Waals surface area contributed by atoms with Gasteiger partial charge < -0.3 is 20.9 Å². The molecule has 158 valence electrons. The van der Waals surface area contributed by atoms with E-state index in [-0.39, 0.29) is 17.2 Å². The Morgan fingerprint density at radius 2 is 1.61 bits per heavy atom. The Morgan fingerprint density at radius 1 is 0.935 bits per heavy atom. The highest BCUT2D eigenvalue weighted by molar-refractivity contribution is 6.13. The van der Waals surface area contributed by atoms with Gasteiger partial charge >= 0.3 is 0 Å². The molecule has 1 amide bonds. The van der Waals surface area contributed by atoms with Crippen molar-refractivity contribution in [1.29, 1.82) is 0 Å². The predicted molar refractivity (Wildman–Crippen MR) is 126 cm³/mol. The number of rotatable bonds is 7. The van der Waals surface area contributed by atoms with Crippen molar-refractivity contribution in [2.75, 3.05) is 20.2 Å². The van der Waals surface area contributed by atoms with Crippen molar-refractivity contribution in [2.45, 2.75) is 12.8 Å². The molecule has 0 atom stereocenters. The van der Waals surface area contributed by atoms with Crippen LogP contribution in [0.1, 0.15) is 23.2 Å². The van der Waals surface area contributed by atoms with E-state index in [1.54, 1.807) is 13.2 Å². The number of amides is 1. The molecule has 5 nitrogen and oxygen atoms in total. The molecule has 0 saturated heterocycles. The number of phenolic OH excluding ortho intramolecular Hbond substituents is 1. The second-order valence-electron chi connectivity index (χ2n) is 7.48. The molecule has 0 aliphatic carbocycles. The number of carbonyl (C=O) groups excluding carboxylic acids is 1. The molecule has 0 fully saturated rings. The molecule has 0 aliphatic heterocycles. The van der Waals surface area contributed by atoms with Crippen molar-refractivity contribution in [3.8, 4) is 22.6 Å². The van der Waals surface area contributed by atoms with Crippen LogP contribution in [0.2, 0.25) is 0 Å². The first-order chi connectivity index (χ1) is 15.2. The van der Waals surface area contributed by atoms with Gasteiger partial charge in [0.2, 0.25) is 0 Å². The minimum absolute atomic E-state index is 0.0512. The van der Waals surface area contributed by atoms with Crippen molar-refractivity contribution in [2.24, 2.45) is 5.73 Å². The predicted octanol–water partition coefficient (Wildman–Crippen LogP) is 4.84. The lowest BCUT2D eigenvalue weighted by atomic mass is 9.90. The number of nitrogens with one attached hydrogen (secondary N) is 1. The highest BCUT2D eigenvalue weighted by Crippen LogP contribution is 2.46. The van der Waals surface area contributed by atoms with Gasteiger partial charge in [-0.15, -0.1) is 0 Å². The molecule has 0 unspecified atom stereocenters. The minimum atomic E-state index is -0.305. The average Bonchev–Trinajstić information content (AvgIpc) is 2.81. The number of ether oxygens (including phenoxy) is 1. The van der Waals surface area contributed by atoms with Crippen LogP contribution in [0.4, 0.5) is 0 Å². The standard InChI is InChI=1S/C26H26N2O3/c1-31-22-13-12-17-8-2-4-10-19(17)23(22)24-20-11-5-3-9-18(20)16-21(25(24)29)26(30)28-15-7-6-14-27/h2-5,8-13,16,29H,6-7,14-15,27H2,1H3,(H,28,30). The summed E-state index contributed by atoms with van der Waals surface area (Å²) >= 11 is 0. The van der Waals surface area contributed by atoms with E-state index in [2.05, 4.69) is 5.32 Å². The van der Waals surface area contributed by atoms with Gasteiger partial charge in [0.15, 0.2) is 0 Å². The first-order valence-electron chi connectivity index (χ1n) is 10.4. The number of carbonyl (C=O) groups is 1. The number of phenols is 1. The maximum absolute atomic E-state index is 12.9. The quantitative estimate of drug-likeness (QED) is 0.378. The highest BCUT2D eigenvalue weighted by Gasteiger charge is 2.22. The van der Waals surface area contributed by atoms with Crippen LogP contribution in [-0.2, 0) is 0 Å². The Morgan fingerprint density at radius 3 is 2.32 bits per heavy atom. The number of aromatic hydroxyl groups is 1. The van der Waals surface area contributed by atoms with Crippen LogP contribution < -0.4 is 15.8 Å². The van der Waals surface area contributed by atoms with Crippen molar-refractivity contribution < 1.29 is 14.6 Å². The summed E-state index contributed by atoms with van der Waals surface area (Å²) in [6.07, 6.45) is 1.63. The number of unbranched alkanes of at least 4 members (excludes halogenated alkanes) is 1. The second kappa shape index (κ2) is 9.06. The van der Waals surface area contributed by atoms with E-state index in [4.69, 9.17) is 10.5 Å². The molecule has 0 bridgehead atoms. The summed E-state index contributed by atoms with van der Waals surface area (Å²) in [5.41, 5.74) is 7.15. The molecule has 0 radical (unpaired) electrons. The zero-order valence-electron chi connectivity index (χ0n) is 17.5. The van der Waals surface area contributed by atoms with Gasteiger partial charge in [-0.1, -0.05) is 54.6 Å². The molecular formula is C26H26N2O3. The zero-order valence-corrected chi connectivity index (χ0v) is 17.5. The van der Waals surface area contributed by atoms with E-state index in [9.17, 15) is 9.90 Å². The van der Waals surface area contributed by atoms with Gasteiger partial charge in [-0.25, -0.2) is 0 Å². The van der Waals surface area contributed by atoms with Crippen molar-refractivity contribution in [3.05, 3.63) is 72.3 Å². The fourth-order valence-electron chi connectivity index (χ4n) is 4.01. The Balaban J connectivity index is 1.96. The molecule has 0 spiro atoms. The van der Waals surface area contributed by atoms with Crippen LogP contribution in [0.15, 0.2) is 66.7 Å². The van der Waals surface area contributed by atoms with E-state index in [0.717, 1.165) is 39.9 Å². The molecular weight excluding hydrogens is 388 g/mol. The van der Waals surface area contributed by atoms with Gasteiger partial charge in [0, 0.05) is 17.7 Å². The third kappa shape index (κ3) is 3.92. The lowest BCUT2D eigenvalue weighted by Crippen LogP contribution is -2.25. The van der Waals surface area contributed by atoms with Gasteiger partial charge in [0.25, 0.3) is 5.91 Å². The maximum atomic E-state index is 12.9. The molecule has 31 heavy (non-hydrogen) atoms. The maximum Gasteiger partial charge on any atom is 0.255 e. The van der Waals surface area contributed by atoms with Crippen LogP contribution in [0.5, 0.6) is 11.5 Å². The first kappa shape index (κ1) is 20.7.